The molecular formula is C17H24F2N2O4S. The molecular weight excluding hydrogens is 366 g/mol. The number of benzene rings is 1. The van der Waals surface area contributed by atoms with Crippen molar-refractivity contribution >= 4 is 15.8 Å². The van der Waals surface area contributed by atoms with Crippen molar-refractivity contribution < 1.29 is 21.4 Å². The maximum atomic E-state index is 13.2. The molecule has 1 aliphatic rings. The van der Waals surface area contributed by atoms with Gasteiger partial charge in [0.1, 0.15) is 0 Å². The summed E-state index contributed by atoms with van der Waals surface area (Å²) in [5.41, 5.74) is 1.38. The van der Waals surface area contributed by atoms with Crippen LogP contribution in [0.1, 0.15) is 44.7 Å². The van der Waals surface area contributed by atoms with E-state index in [1.165, 1.54) is 12.1 Å². The third-order valence-electron chi connectivity index (χ3n) is 4.47. The van der Waals surface area contributed by atoms with Crippen LogP contribution in [0, 0.1) is 4.91 Å². The van der Waals surface area contributed by atoms with E-state index < -0.39 is 21.1 Å². The Labute approximate surface area is 152 Å². The van der Waals surface area contributed by atoms with Crippen molar-refractivity contribution in [1.29, 1.82) is 0 Å². The van der Waals surface area contributed by atoms with Gasteiger partial charge in [-0.1, -0.05) is 13.8 Å². The standard InChI is InChI=1S/C17H24F2N2O4S/c1-4-6-21(7-5-2)14-8-12-10-15(20-22)16(11-13(12)9-14)25-26(23,24)17(3,18)19/h10-11,14H,4-9H2,1-3H3. The van der Waals surface area contributed by atoms with Crippen LogP contribution in [-0.4, -0.2) is 37.7 Å². The van der Waals surface area contributed by atoms with Crippen LogP contribution >= 0.6 is 0 Å². The molecule has 0 radical (unpaired) electrons. The fourth-order valence-electron chi connectivity index (χ4n) is 3.25. The summed E-state index contributed by atoms with van der Waals surface area (Å²) in [6.07, 6.45) is 3.36. The molecule has 0 amide bonds. The van der Waals surface area contributed by atoms with Crippen molar-refractivity contribution in [2.75, 3.05) is 13.1 Å². The van der Waals surface area contributed by atoms with E-state index >= 15 is 0 Å². The van der Waals surface area contributed by atoms with Crippen molar-refractivity contribution in [3.63, 3.8) is 0 Å². The molecule has 0 heterocycles. The van der Waals surface area contributed by atoms with Gasteiger partial charge in [0, 0.05) is 13.0 Å². The summed E-state index contributed by atoms with van der Waals surface area (Å²) in [6.45, 7) is 6.30. The molecule has 0 bridgehead atoms. The average Bonchev–Trinajstić information content (AvgIpc) is 2.95. The lowest BCUT2D eigenvalue weighted by Crippen LogP contribution is -2.37. The monoisotopic (exact) mass is 390 g/mol. The van der Waals surface area contributed by atoms with Crippen LogP contribution in [0.5, 0.6) is 5.75 Å². The molecule has 1 atom stereocenters. The Morgan fingerprint density at radius 1 is 1.19 bits per heavy atom. The Kier molecular flexibility index (Phi) is 6.33. The Hall–Kier alpha value is -1.61. The van der Waals surface area contributed by atoms with Crippen LogP contribution in [0.4, 0.5) is 14.5 Å². The van der Waals surface area contributed by atoms with E-state index in [1.807, 2.05) is 0 Å². The van der Waals surface area contributed by atoms with Crippen LogP contribution < -0.4 is 4.18 Å². The zero-order valence-electron chi connectivity index (χ0n) is 15.2. The predicted molar refractivity (Wildman–Crippen MR) is 95.4 cm³/mol. The summed E-state index contributed by atoms with van der Waals surface area (Å²) >= 11 is 0. The number of rotatable bonds is 9. The van der Waals surface area contributed by atoms with Gasteiger partial charge in [0.15, 0.2) is 11.4 Å². The van der Waals surface area contributed by atoms with Gasteiger partial charge in [-0.3, -0.25) is 4.90 Å². The summed E-state index contributed by atoms with van der Waals surface area (Å²) in [4.78, 5) is 13.4. The topological polar surface area (TPSA) is 76.0 Å². The molecule has 9 heteroatoms. The SMILES string of the molecule is CCCN(CCC)C1Cc2cc(N=O)c(OS(=O)(=O)C(C)(F)F)cc2C1. The first kappa shape index (κ1) is 20.7. The lowest BCUT2D eigenvalue weighted by Gasteiger charge is -2.27. The summed E-state index contributed by atoms with van der Waals surface area (Å²) < 4.78 is 54.1. The summed E-state index contributed by atoms with van der Waals surface area (Å²) in [5, 5.41) is -1.32. The number of fused-ring (bicyclic) bond motifs is 1. The number of hydrogen-bond donors (Lipinski definition) is 0. The quantitative estimate of drug-likeness (QED) is 0.471. The third-order valence-corrected chi connectivity index (χ3v) is 5.74. The molecule has 6 nitrogen and oxygen atoms in total. The second-order valence-electron chi connectivity index (χ2n) is 6.62. The fourth-order valence-corrected chi connectivity index (χ4v) is 3.77. The van der Waals surface area contributed by atoms with Gasteiger partial charge in [0.25, 0.3) is 0 Å². The highest BCUT2D eigenvalue weighted by atomic mass is 32.2. The van der Waals surface area contributed by atoms with Gasteiger partial charge >= 0.3 is 15.4 Å². The van der Waals surface area contributed by atoms with Crippen LogP contribution in [0.3, 0.4) is 0 Å². The number of nitroso groups, excluding NO2 is 1. The zero-order chi connectivity index (χ0) is 19.5. The zero-order valence-corrected chi connectivity index (χ0v) is 16.0. The van der Waals surface area contributed by atoms with E-state index in [9.17, 15) is 22.1 Å². The van der Waals surface area contributed by atoms with Crippen molar-refractivity contribution in [1.82, 2.24) is 4.90 Å². The molecule has 0 N–H and O–H groups in total. The van der Waals surface area contributed by atoms with E-state index in [2.05, 4.69) is 28.1 Å². The Morgan fingerprint density at radius 2 is 1.73 bits per heavy atom. The average molecular weight is 390 g/mol. The normalized spacial score (nSPS) is 17.4. The second kappa shape index (κ2) is 7.96. The minimum Gasteiger partial charge on any atom is -0.376 e. The van der Waals surface area contributed by atoms with E-state index in [-0.39, 0.29) is 18.7 Å². The molecule has 0 aliphatic heterocycles. The molecule has 0 saturated heterocycles. The number of hydrogen-bond acceptors (Lipinski definition) is 6. The Balaban J connectivity index is 2.31. The predicted octanol–water partition coefficient (Wildman–Crippen LogP) is 4.00. The summed E-state index contributed by atoms with van der Waals surface area (Å²) in [7, 11) is -5.19. The smallest absolute Gasteiger partial charge is 0.376 e. The Bertz CT molecular complexity index is 757. The maximum Gasteiger partial charge on any atom is 0.377 e. The first-order chi connectivity index (χ1) is 12.1. The van der Waals surface area contributed by atoms with Gasteiger partial charge in [0.05, 0.1) is 0 Å². The lowest BCUT2D eigenvalue weighted by atomic mass is 10.1. The molecule has 1 aliphatic carbocycles. The lowest BCUT2D eigenvalue weighted by molar-refractivity contribution is 0.104. The first-order valence-electron chi connectivity index (χ1n) is 8.68. The van der Waals surface area contributed by atoms with Crippen LogP contribution in [0.25, 0.3) is 0 Å². The first-order valence-corrected chi connectivity index (χ1v) is 10.1. The Morgan fingerprint density at radius 3 is 2.19 bits per heavy atom. The van der Waals surface area contributed by atoms with Gasteiger partial charge in [0.2, 0.25) is 0 Å². The number of alkyl halides is 2. The molecule has 146 valence electrons. The van der Waals surface area contributed by atoms with Gasteiger partial charge in [-0.15, -0.1) is 4.91 Å². The number of nitrogens with zero attached hydrogens (tertiary/aromatic N) is 2. The highest BCUT2D eigenvalue weighted by molar-refractivity contribution is 7.88. The van der Waals surface area contributed by atoms with Crippen molar-refractivity contribution in [3.8, 4) is 5.75 Å². The fraction of sp³-hybridized carbons (Fsp3) is 0.647. The maximum absolute atomic E-state index is 13.2. The van der Waals surface area contributed by atoms with Crippen LogP contribution in [0.2, 0.25) is 0 Å². The minimum atomic E-state index is -5.19. The molecule has 26 heavy (non-hydrogen) atoms. The minimum absolute atomic E-state index is 0.226. The van der Waals surface area contributed by atoms with E-state index in [1.54, 1.807) is 0 Å². The van der Waals surface area contributed by atoms with Gasteiger partial charge < -0.3 is 4.18 Å². The molecule has 1 unspecified atom stereocenters. The highest BCUT2D eigenvalue weighted by Gasteiger charge is 2.42. The van der Waals surface area contributed by atoms with Gasteiger partial charge in [-0.25, -0.2) is 0 Å². The van der Waals surface area contributed by atoms with Crippen molar-refractivity contribution in [3.05, 3.63) is 28.2 Å². The highest BCUT2D eigenvalue weighted by Crippen LogP contribution is 2.38. The molecule has 0 fully saturated rings. The second-order valence-corrected chi connectivity index (χ2v) is 8.42. The third kappa shape index (κ3) is 4.37. The molecule has 2 rings (SSSR count). The largest absolute Gasteiger partial charge is 0.377 e. The molecule has 0 aromatic heterocycles. The summed E-state index contributed by atoms with van der Waals surface area (Å²) in [5.74, 6) is -0.446. The molecule has 0 spiro atoms. The summed E-state index contributed by atoms with van der Waals surface area (Å²) in [6, 6.07) is 3.02. The van der Waals surface area contributed by atoms with Gasteiger partial charge in [-0.2, -0.15) is 17.2 Å². The van der Waals surface area contributed by atoms with E-state index in [0.717, 1.165) is 37.1 Å². The van der Waals surface area contributed by atoms with Crippen molar-refractivity contribution in [2.24, 2.45) is 5.18 Å². The molecule has 1 aromatic rings. The van der Waals surface area contributed by atoms with Crippen LogP contribution in [0.15, 0.2) is 17.3 Å². The van der Waals surface area contributed by atoms with Crippen LogP contribution in [-0.2, 0) is 23.0 Å². The van der Waals surface area contributed by atoms with E-state index in [4.69, 9.17) is 0 Å². The molecule has 1 aromatic carbocycles. The van der Waals surface area contributed by atoms with E-state index in [0.29, 0.717) is 12.8 Å². The molecule has 0 saturated carbocycles. The number of halogens is 2. The van der Waals surface area contributed by atoms with Crippen molar-refractivity contribution in [2.45, 2.75) is 57.8 Å². The van der Waals surface area contributed by atoms with Gasteiger partial charge in [-0.05, 0) is 67.2 Å².